The maximum Gasteiger partial charge on any atom is 0.309 e. The van der Waals surface area contributed by atoms with Gasteiger partial charge in [-0.25, -0.2) is 0 Å². The predicted molar refractivity (Wildman–Crippen MR) is 47.0 cm³/mol. The van der Waals surface area contributed by atoms with Gasteiger partial charge in [0.1, 0.15) is 0 Å². The first-order chi connectivity index (χ1) is 6.16. The fourth-order valence-electron chi connectivity index (χ4n) is 0.651. The SMILES string of the molecule is COC(=O)C/C=C\CCOC(C)=O. The third kappa shape index (κ3) is 8.59. The van der Waals surface area contributed by atoms with Crippen LogP contribution in [0, 0.1) is 0 Å². The molecular formula is C9H14O4. The van der Waals surface area contributed by atoms with E-state index in [1.165, 1.54) is 14.0 Å². The number of methoxy groups -OCH3 is 1. The standard InChI is InChI=1S/C9H14O4/c1-8(10)13-7-5-3-4-6-9(11)12-2/h3-4H,5-7H2,1-2H3/b4-3-. The quantitative estimate of drug-likeness (QED) is 0.366. The largest absolute Gasteiger partial charge is 0.469 e. The Labute approximate surface area is 77.5 Å². The highest BCUT2D eigenvalue weighted by atomic mass is 16.5. The van der Waals surface area contributed by atoms with Crippen molar-refractivity contribution in [2.24, 2.45) is 0 Å². The van der Waals surface area contributed by atoms with Gasteiger partial charge in [-0.1, -0.05) is 12.2 Å². The normalized spacial score (nSPS) is 10.0. The minimum Gasteiger partial charge on any atom is -0.469 e. The Bertz CT molecular complexity index is 196. The maximum atomic E-state index is 10.6. The van der Waals surface area contributed by atoms with Crippen LogP contribution in [0.15, 0.2) is 12.2 Å². The molecule has 0 saturated heterocycles. The van der Waals surface area contributed by atoms with Gasteiger partial charge < -0.3 is 9.47 Å². The van der Waals surface area contributed by atoms with Crippen LogP contribution in [0.25, 0.3) is 0 Å². The first kappa shape index (κ1) is 11.7. The molecule has 0 aliphatic carbocycles. The summed E-state index contributed by atoms with van der Waals surface area (Å²) in [5.41, 5.74) is 0. The molecule has 0 aliphatic rings. The molecule has 4 nitrogen and oxygen atoms in total. The van der Waals surface area contributed by atoms with E-state index in [1.54, 1.807) is 12.2 Å². The van der Waals surface area contributed by atoms with Gasteiger partial charge in [0, 0.05) is 6.92 Å². The molecular weight excluding hydrogens is 172 g/mol. The van der Waals surface area contributed by atoms with Crippen molar-refractivity contribution < 1.29 is 19.1 Å². The van der Waals surface area contributed by atoms with Crippen molar-refractivity contribution in [1.82, 2.24) is 0 Å². The van der Waals surface area contributed by atoms with Gasteiger partial charge in [0.05, 0.1) is 20.1 Å². The highest BCUT2D eigenvalue weighted by molar-refractivity contribution is 5.70. The van der Waals surface area contributed by atoms with E-state index in [9.17, 15) is 9.59 Å². The summed E-state index contributed by atoms with van der Waals surface area (Å²) in [5, 5.41) is 0. The monoisotopic (exact) mass is 186 g/mol. The topological polar surface area (TPSA) is 52.6 Å². The Balaban J connectivity index is 3.32. The molecule has 0 radical (unpaired) electrons. The first-order valence-corrected chi connectivity index (χ1v) is 4.02. The fraction of sp³-hybridized carbons (Fsp3) is 0.556. The summed E-state index contributed by atoms with van der Waals surface area (Å²) in [6.07, 6.45) is 4.35. The van der Waals surface area contributed by atoms with E-state index >= 15 is 0 Å². The summed E-state index contributed by atoms with van der Waals surface area (Å²) < 4.78 is 9.09. The molecule has 0 aliphatic heterocycles. The third-order valence-electron chi connectivity index (χ3n) is 1.27. The van der Waals surface area contributed by atoms with Gasteiger partial charge in [-0.2, -0.15) is 0 Å². The zero-order chi connectivity index (χ0) is 10.1. The van der Waals surface area contributed by atoms with Crippen LogP contribution in [0.1, 0.15) is 19.8 Å². The van der Waals surface area contributed by atoms with Crippen molar-refractivity contribution in [2.45, 2.75) is 19.8 Å². The molecule has 0 atom stereocenters. The van der Waals surface area contributed by atoms with E-state index in [0.29, 0.717) is 13.0 Å². The summed E-state index contributed by atoms with van der Waals surface area (Å²) >= 11 is 0. The average molecular weight is 186 g/mol. The minimum atomic E-state index is -0.290. The van der Waals surface area contributed by atoms with Gasteiger partial charge >= 0.3 is 11.9 Å². The number of hydrogen-bond acceptors (Lipinski definition) is 4. The second-order valence-corrected chi connectivity index (χ2v) is 2.38. The number of carbonyl (C=O) groups is 2. The average Bonchev–Trinajstić information content (AvgIpc) is 2.10. The summed E-state index contributed by atoms with van der Waals surface area (Å²) in [4.78, 5) is 20.9. The highest BCUT2D eigenvalue weighted by Crippen LogP contribution is 1.90. The lowest BCUT2D eigenvalue weighted by molar-refractivity contribution is -0.141. The van der Waals surface area contributed by atoms with Crippen LogP contribution >= 0.6 is 0 Å². The van der Waals surface area contributed by atoms with Crippen LogP contribution in [0.5, 0.6) is 0 Å². The van der Waals surface area contributed by atoms with Crippen LogP contribution < -0.4 is 0 Å². The number of hydrogen-bond donors (Lipinski definition) is 0. The van der Waals surface area contributed by atoms with Crippen LogP contribution in [0.2, 0.25) is 0 Å². The third-order valence-corrected chi connectivity index (χ3v) is 1.27. The van der Waals surface area contributed by atoms with Gasteiger partial charge in [0.25, 0.3) is 0 Å². The van der Waals surface area contributed by atoms with E-state index in [1.807, 2.05) is 0 Å². The van der Waals surface area contributed by atoms with E-state index in [-0.39, 0.29) is 18.4 Å². The van der Waals surface area contributed by atoms with Gasteiger partial charge in [0.15, 0.2) is 0 Å². The molecule has 13 heavy (non-hydrogen) atoms. The van der Waals surface area contributed by atoms with E-state index < -0.39 is 0 Å². The van der Waals surface area contributed by atoms with Crippen molar-refractivity contribution in [3.05, 3.63) is 12.2 Å². The number of ether oxygens (including phenoxy) is 2. The van der Waals surface area contributed by atoms with Crippen molar-refractivity contribution >= 4 is 11.9 Å². The summed E-state index contributed by atoms with van der Waals surface area (Å²) in [7, 11) is 1.34. The Morgan fingerprint density at radius 2 is 2.00 bits per heavy atom. The molecule has 4 heteroatoms. The molecule has 0 amide bonds. The first-order valence-electron chi connectivity index (χ1n) is 4.02. The Morgan fingerprint density at radius 1 is 1.31 bits per heavy atom. The lowest BCUT2D eigenvalue weighted by Gasteiger charge is -1.96. The van der Waals surface area contributed by atoms with E-state index in [4.69, 9.17) is 0 Å². The van der Waals surface area contributed by atoms with Gasteiger partial charge in [0.2, 0.25) is 0 Å². The Kier molecular flexibility index (Phi) is 6.59. The molecule has 0 aromatic rings. The van der Waals surface area contributed by atoms with Crippen molar-refractivity contribution in [1.29, 1.82) is 0 Å². The summed E-state index contributed by atoms with van der Waals surface area (Å²) in [6, 6.07) is 0. The Morgan fingerprint density at radius 3 is 2.54 bits per heavy atom. The molecule has 0 saturated carbocycles. The molecule has 0 fully saturated rings. The van der Waals surface area contributed by atoms with Gasteiger partial charge in [-0.15, -0.1) is 0 Å². The molecule has 0 aromatic carbocycles. The lowest BCUT2D eigenvalue weighted by atomic mass is 10.3. The van der Waals surface area contributed by atoms with E-state index in [2.05, 4.69) is 9.47 Å². The second-order valence-electron chi connectivity index (χ2n) is 2.38. The van der Waals surface area contributed by atoms with Crippen LogP contribution in [-0.4, -0.2) is 25.7 Å². The molecule has 0 spiro atoms. The predicted octanol–water partition coefficient (Wildman–Crippen LogP) is 1.06. The van der Waals surface area contributed by atoms with E-state index in [0.717, 1.165) is 0 Å². The molecule has 0 unspecified atom stereocenters. The molecule has 0 heterocycles. The number of esters is 2. The van der Waals surface area contributed by atoms with Crippen LogP contribution in [0.3, 0.4) is 0 Å². The fourth-order valence-corrected chi connectivity index (χ4v) is 0.651. The molecule has 74 valence electrons. The molecule has 0 bridgehead atoms. The highest BCUT2D eigenvalue weighted by Gasteiger charge is 1.93. The van der Waals surface area contributed by atoms with Gasteiger partial charge in [-0.3, -0.25) is 9.59 Å². The minimum absolute atomic E-state index is 0.260. The molecule has 0 aromatic heterocycles. The molecule has 0 rings (SSSR count). The second kappa shape index (κ2) is 7.34. The smallest absolute Gasteiger partial charge is 0.309 e. The summed E-state index contributed by atoms with van der Waals surface area (Å²) in [5.74, 6) is -0.565. The Hall–Kier alpha value is -1.32. The zero-order valence-corrected chi connectivity index (χ0v) is 7.91. The maximum absolute atomic E-state index is 10.6. The number of carbonyl (C=O) groups excluding carboxylic acids is 2. The zero-order valence-electron chi connectivity index (χ0n) is 7.91. The van der Waals surface area contributed by atoms with Crippen molar-refractivity contribution in [3.8, 4) is 0 Å². The van der Waals surface area contributed by atoms with Gasteiger partial charge in [-0.05, 0) is 6.42 Å². The molecule has 0 N–H and O–H groups in total. The van der Waals surface area contributed by atoms with Crippen LogP contribution in [0.4, 0.5) is 0 Å². The van der Waals surface area contributed by atoms with Crippen LogP contribution in [-0.2, 0) is 19.1 Å². The summed E-state index contributed by atoms with van der Waals surface area (Å²) in [6.45, 7) is 1.71. The van der Waals surface area contributed by atoms with Crippen molar-refractivity contribution in [3.63, 3.8) is 0 Å². The van der Waals surface area contributed by atoms with Crippen molar-refractivity contribution in [2.75, 3.05) is 13.7 Å². The lowest BCUT2D eigenvalue weighted by Crippen LogP contribution is -1.99. The number of rotatable bonds is 5.